The van der Waals surface area contributed by atoms with Gasteiger partial charge in [0.2, 0.25) is 0 Å². The molecule has 1 aliphatic carbocycles. The van der Waals surface area contributed by atoms with E-state index in [1.807, 2.05) is 37.3 Å². The van der Waals surface area contributed by atoms with E-state index in [1.165, 1.54) is 0 Å². The Balaban J connectivity index is 2.30. The van der Waals surface area contributed by atoms with Gasteiger partial charge in [-0.1, -0.05) is 30.1 Å². The van der Waals surface area contributed by atoms with Crippen molar-refractivity contribution in [2.24, 2.45) is 0 Å². The molecular formula is C11H10N2. The monoisotopic (exact) mass is 170 g/mol. The Kier molecular flexibility index (Phi) is 2.01. The lowest BCUT2D eigenvalue weighted by Crippen LogP contribution is -1.91. The lowest BCUT2D eigenvalue weighted by molar-refractivity contribution is 0.954. The molecule has 2 nitrogen and oxygen atoms in total. The second kappa shape index (κ2) is 3.32. The Bertz CT molecular complexity index is 413. The van der Waals surface area contributed by atoms with Crippen LogP contribution >= 0.6 is 0 Å². The van der Waals surface area contributed by atoms with Gasteiger partial charge in [0.15, 0.2) is 0 Å². The van der Waals surface area contributed by atoms with Crippen molar-refractivity contribution >= 4 is 0 Å². The van der Waals surface area contributed by atoms with Crippen LogP contribution in [0.4, 0.5) is 0 Å². The van der Waals surface area contributed by atoms with Crippen LogP contribution in [0.2, 0.25) is 0 Å². The zero-order valence-electron chi connectivity index (χ0n) is 7.41. The number of nitrogens with one attached hydrogen (secondary N) is 1. The van der Waals surface area contributed by atoms with Crippen LogP contribution in [0.25, 0.3) is 0 Å². The summed E-state index contributed by atoms with van der Waals surface area (Å²) in [5, 5.41) is 7.09. The average molecular weight is 170 g/mol. The fourth-order valence-electron chi connectivity index (χ4n) is 1.24. The minimum Gasteiger partial charge on any atom is -0.283 e. The third kappa shape index (κ3) is 1.70. The molecule has 0 radical (unpaired) electrons. The van der Waals surface area contributed by atoms with Gasteiger partial charge < -0.3 is 0 Å². The molecule has 0 aromatic carbocycles. The molecule has 1 heterocycles. The van der Waals surface area contributed by atoms with E-state index in [0.29, 0.717) is 0 Å². The maximum Gasteiger partial charge on any atom is 0.0830 e. The Morgan fingerprint density at radius 1 is 1.46 bits per heavy atom. The maximum atomic E-state index is 4.17. The van der Waals surface area contributed by atoms with Crippen molar-refractivity contribution < 1.29 is 0 Å². The molecule has 1 aromatic rings. The summed E-state index contributed by atoms with van der Waals surface area (Å²) in [5.41, 5.74) is 2.06. The summed E-state index contributed by atoms with van der Waals surface area (Å²) in [6.07, 6.45) is 7.82. The first-order chi connectivity index (χ1) is 6.36. The Morgan fingerprint density at radius 2 is 2.38 bits per heavy atom. The third-order valence-electron chi connectivity index (χ3n) is 1.88. The van der Waals surface area contributed by atoms with E-state index >= 15 is 0 Å². The summed E-state index contributed by atoms with van der Waals surface area (Å²) in [4.78, 5) is 0. The second-order valence-electron chi connectivity index (χ2n) is 2.99. The van der Waals surface area contributed by atoms with E-state index in [0.717, 1.165) is 11.4 Å². The van der Waals surface area contributed by atoms with Crippen molar-refractivity contribution in [3.8, 4) is 11.8 Å². The van der Waals surface area contributed by atoms with Crippen molar-refractivity contribution in [2.45, 2.75) is 12.8 Å². The van der Waals surface area contributed by atoms with Crippen LogP contribution in [-0.4, -0.2) is 10.2 Å². The van der Waals surface area contributed by atoms with E-state index in [1.54, 1.807) is 0 Å². The van der Waals surface area contributed by atoms with Crippen LogP contribution in [0.5, 0.6) is 0 Å². The van der Waals surface area contributed by atoms with Gasteiger partial charge in [0, 0.05) is 5.69 Å². The highest BCUT2D eigenvalue weighted by molar-refractivity contribution is 5.35. The number of hydrogen-bond donors (Lipinski definition) is 1. The van der Waals surface area contributed by atoms with Crippen LogP contribution in [0.3, 0.4) is 0 Å². The Morgan fingerprint density at radius 3 is 3.15 bits per heavy atom. The average Bonchev–Trinajstić information content (AvgIpc) is 2.43. The van der Waals surface area contributed by atoms with Gasteiger partial charge in [-0.15, -0.1) is 0 Å². The number of allylic oxidation sites excluding steroid dienone is 4. The zero-order chi connectivity index (χ0) is 9.10. The highest BCUT2D eigenvalue weighted by Gasteiger charge is 2.07. The van der Waals surface area contributed by atoms with Crippen LogP contribution in [0.15, 0.2) is 30.4 Å². The Hall–Kier alpha value is -1.75. The fourth-order valence-corrected chi connectivity index (χ4v) is 1.24. The molecule has 0 saturated carbocycles. The van der Waals surface area contributed by atoms with E-state index in [2.05, 4.69) is 22.0 Å². The van der Waals surface area contributed by atoms with E-state index in [9.17, 15) is 0 Å². The highest BCUT2D eigenvalue weighted by atomic mass is 15.1. The smallest absolute Gasteiger partial charge is 0.0830 e. The van der Waals surface area contributed by atoms with Gasteiger partial charge in [-0.3, -0.25) is 5.10 Å². The minimum atomic E-state index is 0.125. The minimum absolute atomic E-state index is 0.125. The predicted molar refractivity (Wildman–Crippen MR) is 52.1 cm³/mol. The molecule has 1 aliphatic rings. The summed E-state index contributed by atoms with van der Waals surface area (Å²) in [6.45, 7) is 1.99. The van der Waals surface area contributed by atoms with Gasteiger partial charge in [-0.2, -0.15) is 5.10 Å². The number of hydrogen-bond acceptors (Lipinski definition) is 1. The number of nitrogens with zero attached hydrogens (tertiary/aromatic N) is 1. The van der Waals surface area contributed by atoms with Crippen LogP contribution in [0, 0.1) is 18.8 Å². The number of aromatic nitrogens is 2. The molecule has 1 N–H and O–H groups in total. The van der Waals surface area contributed by atoms with Gasteiger partial charge in [-0.25, -0.2) is 0 Å². The standard InChI is InChI=1S/C11H10N2/c1-9-8-11(13-12-9)10-6-4-2-3-5-7-10/h2-4,6,8,10H,1H3,(H,12,13). The lowest BCUT2D eigenvalue weighted by atomic mass is 10.1. The van der Waals surface area contributed by atoms with E-state index < -0.39 is 0 Å². The number of aromatic amines is 1. The topological polar surface area (TPSA) is 28.7 Å². The molecule has 0 fully saturated rings. The first-order valence-corrected chi connectivity index (χ1v) is 4.22. The van der Waals surface area contributed by atoms with Gasteiger partial charge >= 0.3 is 0 Å². The summed E-state index contributed by atoms with van der Waals surface area (Å²) in [7, 11) is 0. The van der Waals surface area contributed by atoms with Crippen LogP contribution < -0.4 is 0 Å². The Labute approximate surface area is 77.4 Å². The SMILES string of the molecule is Cc1cc(C2C#CC=CC=C2)n[nH]1. The van der Waals surface area contributed by atoms with E-state index in [4.69, 9.17) is 0 Å². The molecule has 13 heavy (non-hydrogen) atoms. The fraction of sp³-hybridized carbons (Fsp3) is 0.182. The molecular weight excluding hydrogens is 160 g/mol. The van der Waals surface area contributed by atoms with Crippen molar-refractivity contribution in [3.63, 3.8) is 0 Å². The molecule has 0 aliphatic heterocycles. The molecule has 1 atom stereocenters. The molecule has 2 heteroatoms. The first-order valence-electron chi connectivity index (χ1n) is 4.22. The molecule has 0 bridgehead atoms. The number of aryl methyl sites for hydroxylation is 1. The summed E-state index contributed by atoms with van der Waals surface area (Å²) >= 11 is 0. The predicted octanol–water partition coefficient (Wildman–Crippen LogP) is 1.93. The lowest BCUT2D eigenvalue weighted by Gasteiger charge is -1.97. The van der Waals surface area contributed by atoms with Crippen molar-refractivity contribution in [3.05, 3.63) is 41.8 Å². The molecule has 0 amide bonds. The largest absolute Gasteiger partial charge is 0.283 e. The molecule has 1 unspecified atom stereocenters. The summed E-state index contributed by atoms with van der Waals surface area (Å²) in [6, 6.07) is 2.02. The van der Waals surface area contributed by atoms with Gasteiger partial charge in [0.05, 0.1) is 11.6 Å². The summed E-state index contributed by atoms with van der Waals surface area (Å²) < 4.78 is 0. The van der Waals surface area contributed by atoms with E-state index in [-0.39, 0.29) is 5.92 Å². The van der Waals surface area contributed by atoms with Crippen molar-refractivity contribution in [2.75, 3.05) is 0 Å². The van der Waals surface area contributed by atoms with Gasteiger partial charge in [0.1, 0.15) is 0 Å². The van der Waals surface area contributed by atoms with Crippen molar-refractivity contribution in [1.82, 2.24) is 10.2 Å². The first kappa shape index (κ1) is 7.88. The number of rotatable bonds is 1. The second-order valence-corrected chi connectivity index (χ2v) is 2.99. The normalized spacial score (nSPS) is 19.3. The molecule has 0 saturated heterocycles. The summed E-state index contributed by atoms with van der Waals surface area (Å²) in [5.74, 6) is 6.19. The quantitative estimate of drug-likeness (QED) is 0.641. The highest BCUT2D eigenvalue weighted by Crippen LogP contribution is 2.15. The van der Waals surface area contributed by atoms with Gasteiger partial charge in [0.25, 0.3) is 0 Å². The zero-order valence-corrected chi connectivity index (χ0v) is 7.41. The molecule has 1 aromatic heterocycles. The third-order valence-corrected chi connectivity index (χ3v) is 1.88. The molecule has 64 valence electrons. The molecule has 2 rings (SSSR count). The number of H-pyrrole nitrogens is 1. The molecule has 0 spiro atoms. The van der Waals surface area contributed by atoms with Crippen LogP contribution in [0.1, 0.15) is 17.3 Å². The van der Waals surface area contributed by atoms with Crippen LogP contribution in [-0.2, 0) is 0 Å². The maximum absolute atomic E-state index is 4.17. The van der Waals surface area contributed by atoms with Crippen molar-refractivity contribution in [1.29, 1.82) is 0 Å². The van der Waals surface area contributed by atoms with Gasteiger partial charge in [-0.05, 0) is 19.1 Å².